The van der Waals surface area contributed by atoms with Crippen LogP contribution < -0.4 is 10.6 Å². The van der Waals surface area contributed by atoms with E-state index in [1.54, 1.807) is 0 Å². The van der Waals surface area contributed by atoms with Crippen molar-refractivity contribution in [3.63, 3.8) is 0 Å². The van der Waals surface area contributed by atoms with E-state index in [-0.39, 0.29) is 0 Å². The van der Waals surface area contributed by atoms with Crippen LogP contribution in [0.3, 0.4) is 0 Å². The molecule has 0 unspecified atom stereocenters. The van der Waals surface area contributed by atoms with Crippen LogP contribution in [0.15, 0.2) is 36.4 Å². The molecule has 0 spiro atoms. The maximum Gasteiger partial charge on any atom is 0.222 e. The highest BCUT2D eigenvalue weighted by atomic mass is 15.3. The molecule has 2 N–H and O–H groups in total. The zero-order valence-corrected chi connectivity index (χ0v) is 13.2. The average molecular weight is 297 g/mol. The van der Waals surface area contributed by atoms with Crippen LogP contribution in [0.5, 0.6) is 0 Å². The summed E-state index contributed by atoms with van der Waals surface area (Å²) in [6.45, 7) is 8.21. The monoisotopic (exact) mass is 297 g/mol. The standard InChI is InChI=1S/C17H23N5/c1-13-12-16(20-17(18)19-13)22-10-8-21(9-11-22)14(2)15-6-4-3-5-7-15/h3-7,12,14H,8-11H2,1-2H3,(H2,18,19,20)/t14-/m1/s1. The Morgan fingerprint density at radius 2 is 1.73 bits per heavy atom. The molecule has 0 saturated carbocycles. The van der Waals surface area contributed by atoms with E-state index in [0.717, 1.165) is 37.7 Å². The number of hydrogen-bond acceptors (Lipinski definition) is 5. The van der Waals surface area contributed by atoms with Crippen LogP contribution in [0.2, 0.25) is 0 Å². The molecule has 116 valence electrons. The van der Waals surface area contributed by atoms with Gasteiger partial charge in [-0.25, -0.2) is 4.98 Å². The van der Waals surface area contributed by atoms with Crippen molar-refractivity contribution >= 4 is 11.8 Å². The second kappa shape index (κ2) is 6.32. The minimum atomic E-state index is 0.357. The van der Waals surface area contributed by atoms with Crippen LogP contribution in [0.4, 0.5) is 11.8 Å². The second-order valence-electron chi connectivity index (χ2n) is 5.84. The Labute approximate surface area is 131 Å². The minimum absolute atomic E-state index is 0.357. The fourth-order valence-electron chi connectivity index (χ4n) is 3.02. The van der Waals surface area contributed by atoms with Gasteiger partial charge in [-0.1, -0.05) is 30.3 Å². The summed E-state index contributed by atoms with van der Waals surface area (Å²) >= 11 is 0. The van der Waals surface area contributed by atoms with Crippen LogP contribution in [0, 0.1) is 6.92 Å². The predicted octanol–water partition coefficient (Wildman–Crippen LogP) is 2.25. The molecule has 1 aliphatic heterocycles. The molecule has 22 heavy (non-hydrogen) atoms. The largest absolute Gasteiger partial charge is 0.368 e. The van der Waals surface area contributed by atoms with Crippen molar-refractivity contribution < 1.29 is 0 Å². The Bertz CT molecular complexity index is 600. The molecule has 0 aliphatic carbocycles. The molecule has 2 heterocycles. The number of rotatable bonds is 3. The molecule has 0 radical (unpaired) electrons. The van der Waals surface area contributed by atoms with Gasteiger partial charge in [0.05, 0.1) is 0 Å². The molecule has 1 aromatic carbocycles. The Kier molecular flexibility index (Phi) is 4.24. The van der Waals surface area contributed by atoms with Gasteiger partial charge < -0.3 is 10.6 Å². The molecular formula is C17H23N5. The average Bonchev–Trinajstić information content (AvgIpc) is 2.54. The van der Waals surface area contributed by atoms with E-state index in [1.165, 1.54) is 5.56 Å². The number of nitrogen functional groups attached to an aromatic ring is 1. The van der Waals surface area contributed by atoms with Gasteiger partial charge in [0.25, 0.3) is 0 Å². The molecule has 2 aromatic rings. The van der Waals surface area contributed by atoms with Crippen molar-refractivity contribution in [1.82, 2.24) is 14.9 Å². The molecule has 5 heteroatoms. The second-order valence-corrected chi connectivity index (χ2v) is 5.84. The maximum absolute atomic E-state index is 5.76. The fraction of sp³-hybridized carbons (Fsp3) is 0.412. The van der Waals surface area contributed by atoms with E-state index in [9.17, 15) is 0 Å². The summed E-state index contributed by atoms with van der Waals surface area (Å²) in [5.41, 5.74) is 8.05. The number of anilines is 2. The molecule has 1 saturated heterocycles. The lowest BCUT2D eigenvalue weighted by molar-refractivity contribution is 0.198. The Morgan fingerprint density at radius 1 is 1.05 bits per heavy atom. The van der Waals surface area contributed by atoms with Gasteiger partial charge in [-0.3, -0.25) is 4.90 Å². The number of nitrogens with two attached hydrogens (primary N) is 1. The van der Waals surface area contributed by atoms with E-state index in [4.69, 9.17) is 5.73 Å². The molecule has 0 bridgehead atoms. The fourth-order valence-corrected chi connectivity index (χ4v) is 3.02. The van der Waals surface area contributed by atoms with E-state index in [1.807, 2.05) is 13.0 Å². The Hall–Kier alpha value is -2.14. The molecule has 3 rings (SSSR count). The minimum Gasteiger partial charge on any atom is -0.368 e. The van der Waals surface area contributed by atoms with Gasteiger partial charge in [0.1, 0.15) is 5.82 Å². The highest BCUT2D eigenvalue weighted by Crippen LogP contribution is 2.23. The zero-order valence-electron chi connectivity index (χ0n) is 13.2. The van der Waals surface area contributed by atoms with E-state index < -0.39 is 0 Å². The molecule has 0 amide bonds. The van der Waals surface area contributed by atoms with Crippen LogP contribution >= 0.6 is 0 Å². The smallest absolute Gasteiger partial charge is 0.222 e. The van der Waals surface area contributed by atoms with Crippen molar-refractivity contribution in [2.45, 2.75) is 19.9 Å². The molecular weight excluding hydrogens is 274 g/mol. The van der Waals surface area contributed by atoms with Crippen LogP contribution in [0.25, 0.3) is 0 Å². The number of nitrogens with zero attached hydrogens (tertiary/aromatic N) is 4. The highest BCUT2D eigenvalue weighted by Gasteiger charge is 2.23. The third-order valence-electron chi connectivity index (χ3n) is 4.33. The summed E-state index contributed by atoms with van der Waals surface area (Å²) in [7, 11) is 0. The lowest BCUT2D eigenvalue weighted by atomic mass is 10.1. The van der Waals surface area contributed by atoms with Gasteiger partial charge in [0.2, 0.25) is 5.95 Å². The summed E-state index contributed by atoms with van der Waals surface area (Å²) in [5.74, 6) is 1.30. The summed E-state index contributed by atoms with van der Waals surface area (Å²) in [6.07, 6.45) is 0. The zero-order chi connectivity index (χ0) is 15.5. The van der Waals surface area contributed by atoms with Crippen LogP contribution in [-0.4, -0.2) is 41.0 Å². The van der Waals surface area contributed by atoms with Crippen LogP contribution in [-0.2, 0) is 0 Å². The van der Waals surface area contributed by atoms with Gasteiger partial charge in [0, 0.05) is 44.0 Å². The van der Waals surface area contributed by atoms with E-state index in [2.05, 4.69) is 57.0 Å². The first-order valence-corrected chi connectivity index (χ1v) is 7.78. The quantitative estimate of drug-likeness (QED) is 0.941. The van der Waals surface area contributed by atoms with Crippen molar-refractivity contribution in [2.24, 2.45) is 0 Å². The van der Waals surface area contributed by atoms with Crippen molar-refractivity contribution in [3.05, 3.63) is 47.7 Å². The van der Waals surface area contributed by atoms with Gasteiger partial charge in [-0.2, -0.15) is 4.98 Å². The number of piperazine rings is 1. The van der Waals surface area contributed by atoms with Gasteiger partial charge in [0.15, 0.2) is 0 Å². The molecule has 1 aliphatic rings. The lowest BCUT2D eigenvalue weighted by Gasteiger charge is -2.38. The Balaban J connectivity index is 1.65. The first-order valence-electron chi connectivity index (χ1n) is 7.78. The summed E-state index contributed by atoms with van der Waals surface area (Å²) < 4.78 is 0. The predicted molar refractivity (Wildman–Crippen MR) is 89.8 cm³/mol. The maximum atomic E-state index is 5.76. The van der Waals surface area contributed by atoms with Crippen molar-refractivity contribution in [1.29, 1.82) is 0 Å². The van der Waals surface area contributed by atoms with Crippen molar-refractivity contribution in [2.75, 3.05) is 36.8 Å². The molecule has 1 fully saturated rings. The normalized spacial score (nSPS) is 17.5. The summed E-state index contributed by atoms with van der Waals surface area (Å²) in [5, 5.41) is 0. The highest BCUT2D eigenvalue weighted by molar-refractivity contribution is 5.43. The third kappa shape index (κ3) is 3.20. The van der Waals surface area contributed by atoms with E-state index >= 15 is 0 Å². The summed E-state index contributed by atoms with van der Waals surface area (Å²) in [6, 6.07) is 13.1. The van der Waals surface area contributed by atoms with Gasteiger partial charge >= 0.3 is 0 Å². The number of aryl methyl sites for hydroxylation is 1. The number of aromatic nitrogens is 2. The molecule has 1 aromatic heterocycles. The van der Waals surface area contributed by atoms with Gasteiger partial charge in [-0.15, -0.1) is 0 Å². The SMILES string of the molecule is Cc1cc(N2CCN([C@H](C)c3ccccc3)CC2)nc(N)n1. The molecule has 5 nitrogen and oxygen atoms in total. The third-order valence-corrected chi connectivity index (χ3v) is 4.33. The first kappa shape index (κ1) is 14.8. The number of hydrogen-bond donors (Lipinski definition) is 1. The number of benzene rings is 1. The van der Waals surface area contributed by atoms with E-state index in [0.29, 0.717) is 12.0 Å². The van der Waals surface area contributed by atoms with Crippen LogP contribution in [0.1, 0.15) is 24.2 Å². The van der Waals surface area contributed by atoms with Gasteiger partial charge in [-0.05, 0) is 19.4 Å². The Morgan fingerprint density at radius 3 is 2.36 bits per heavy atom. The topological polar surface area (TPSA) is 58.3 Å². The summed E-state index contributed by atoms with van der Waals surface area (Å²) in [4.78, 5) is 13.3. The van der Waals surface area contributed by atoms with Crippen molar-refractivity contribution in [3.8, 4) is 0 Å². The first-order chi connectivity index (χ1) is 10.6. The lowest BCUT2D eigenvalue weighted by Crippen LogP contribution is -2.47. The molecule has 1 atom stereocenters.